The first-order valence-electron chi connectivity index (χ1n) is 3.92. The Morgan fingerprint density at radius 2 is 2.21 bits per heavy atom. The van der Waals surface area contributed by atoms with Crippen molar-refractivity contribution in [1.82, 2.24) is 0 Å². The molecule has 0 fully saturated rings. The predicted octanol–water partition coefficient (Wildman–Crippen LogP) is 2.19. The Morgan fingerprint density at radius 1 is 1.57 bits per heavy atom. The van der Waals surface area contributed by atoms with Crippen molar-refractivity contribution in [3.05, 3.63) is 40.8 Å². The largest absolute Gasteiger partial charge is 0.508 e. The van der Waals surface area contributed by atoms with Gasteiger partial charge in [0, 0.05) is 12.0 Å². The van der Waals surface area contributed by atoms with Crippen molar-refractivity contribution in [3.63, 3.8) is 0 Å². The fraction of sp³-hybridized carbons (Fsp3) is 0.222. The van der Waals surface area contributed by atoms with Crippen molar-refractivity contribution >= 4 is 5.69 Å². The number of non-ortho nitro benzene ring substituents is 1. The summed E-state index contributed by atoms with van der Waals surface area (Å²) in [5, 5.41) is 19.5. The molecular weight excluding hydrogens is 189 g/mol. The Morgan fingerprint density at radius 3 is 2.71 bits per heavy atom. The van der Waals surface area contributed by atoms with E-state index in [4.69, 9.17) is 5.11 Å². The molecule has 1 radical (unpaired) electrons. The van der Waals surface area contributed by atoms with Gasteiger partial charge in [0.05, 0.1) is 17.7 Å². The van der Waals surface area contributed by atoms with Gasteiger partial charge in [0.2, 0.25) is 0 Å². The van der Waals surface area contributed by atoms with Gasteiger partial charge in [-0.15, -0.1) is 0 Å². The molecule has 1 unspecified atom stereocenters. The fourth-order valence-corrected chi connectivity index (χ4v) is 1.05. The van der Waals surface area contributed by atoms with Crippen LogP contribution in [0.25, 0.3) is 0 Å². The number of hydrogen-bond donors (Lipinski definition) is 1. The summed E-state index contributed by atoms with van der Waals surface area (Å²) >= 11 is 0. The van der Waals surface area contributed by atoms with Crippen molar-refractivity contribution in [3.8, 4) is 5.75 Å². The number of nitro groups is 1. The molecule has 1 atom stereocenters. The maximum absolute atomic E-state index is 12.2. The van der Waals surface area contributed by atoms with E-state index in [2.05, 4.69) is 6.92 Å². The molecule has 0 aliphatic rings. The fourth-order valence-electron chi connectivity index (χ4n) is 1.05. The summed E-state index contributed by atoms with van der Waals surface area (Å²) in [5.74, 6) is -0.947. The molecule has 1 aromatic carbocycles. The van der Waals surface area contributed by atoms with Gasteiger partial charge in [0.15, 0.2) is 0 Å². The van der Waals surface area contributed by atoms with E-state index < -0.39 is 17.5 Å². The van der Waals surface area contributed by atoms with E-state index in [9.17, 15) is 14.5 Å². The molecule has 0 aliphatic heterocycles. The molecular formula is C9H9FNO3. The van der Waals surface area contributed by atoms with Crippen molar-refractivity contribution in [2.45, 2.75) is 5.92 Å². The Labute approximate surface area is 80.1 Å². The van der Waals surface area contributed by atoms with E-state index in [0.717, 1.165) is 6.07 Å². The van der Waals surface area contributed by atoms with Crippen LogP contribution < -0.4 is 0 Å². The van der Waals surface area contributed by atoms with Crippen LogP contribution >= 0.6 is 0 Å². The van der Waals surface area contributed by atoms with E-state index >= 15 is 0 Å². The third-order valence-electron chi connectivity index (χ3n) is 1.79. The highest BCUT2D eigenvalue weighted by atomic mass is 19.1. The van der Waals surface area contributed by atoms with Gasteiger partial charge in [-0.1, -0.05) is 0 Å². The summed E-state index contributed by atoms with van der Waals surface area (Å²) < 4.78 is 12.2. The quantitative estimate of drug-likeness (QED) is 0.598. The first kappa shape index (κ1) is 10.4. The highest BCUT2D eigenvalue weighted by Gasteiger charge is 2.13. The Balaban J connectivity index is 3.13. The van der Waals surface area contributed by atoms with E-state index in [1.54, 1.807) is 0 Å². The molecule has 1 rings (SSSR count). The second-order valence-corrected chi connectivity index (χ2v) is 2.89. The second-order valence-electron chi connectivity index (χ2n) is 2.89. The van der Waals surface area contributed by atoms with Crippen LogP contribution in [-0.2, 0) is 0 Å². The summed E-state index contributed by atoms with van der Waals surface area (Å²) in [7, 11) is 0. The number of hydrogen-bond acceptors (Lipinski definition) is 3. The van der Waals surface area contributed by atoms with Crippen LogP contribution in [0, 0.1) is 17.0 Å². The Kier molecular flexibility index (Phi) is 3.01. The van der Waals surface area contributed by atoms with Crippen LogP contribution in [0.2, 0.25) is 0 Å². The van der Waals surface area contributed by atoms with Crippen LogP contribution in [0.1, 0.15) is 11.5 Å². The molecule has 0 aromatic heterocycles. The highest BCUT2D eigenvalue weighted by molar-refractivity contribution is 5.43. The van der Waals surface area contributed by atoms with E-state index in [1.807, 2.05) is 0 Å². The van der Waals surface area contributed by atoms with Crippen molar-refractivity contribution in [2.24, 2.45) is 0 Å². The predicted molar refractivity (Wildman–Crippen MR) is 48.8 cm³/mol. The monoisotopic (exact) mass is 198 g/mol. The topological polar surface area (TPSA) is 63.4 Å². The van der Waals surface area contributed by atoms with E-state index in [1.165, 1.54) is 12.1 Å². The third kappa shape index (κ3) is 2.18. The van der Waals surface area contributed by atoms with Crippen molar-refractivity contribution < 1.29 is 14.4 Å². The molecule has 1 N–H and O–H groups in total. The van der Waals surface area contributed by atoms with Gasteiger partial charge in [-0.2, -0.15) is 0 Å². The smallest absolute Gasteiger partial charge is 0.273 e. The molecule has 5 heteroatoms. The first-order valence-corrected chi connectivity index (χ1v) is 3.92. The van der Waals surface area contributed by atoms with Crippen LogP contribution in [0.3, 0.4) is 0 Å². The van der Waals surface area contributed by atoms with Crippen LogP contribution in [0.4, 0.5) is 10.1 Å². The first-order chi connectivity index (χ1) is 6.54. The molecule has 14 heavy (non-hydrogen) atoms. The average molecular weight is 198 g/mol. The highest BCUT2D eigenvalue weighted by Crippen LogP contribution is 2.26. The van der Waals surface area contributed by atoms with Crippen molar-refractivity contribution in [2.75, 3.05) is 6.67 Å². The number of aromatic hydroxyl groups is 1. The molecule has 0 aliphatic carbocycles. The molecule has 0 saturated carbocycles. The van der Waals surface area contributed by atoms with Crippen molar-refractivity contribution in [1.29, 1.82) is 0 Å². The number of halogens is 1. The third-order valence-corrected chi connectivity index (χ3v) is 1.79. The van der Waals surface area contributed by atoms with Gasteiger partial charge < -0.3 is 5.11 Å². The summed E-state index contributed by atoms with van der Waals surface area (Å²) in [4.78, 5) is 9.75. The molecule has 0 saturated heterocycles. The molecule has 4 nitrogen and oxygen atoms in total. The molecule has 1 aromatic rings. The Hall–Kier alpha value is -1.65. The lowest BCUT2D eigenvalue weighted by molar-refractivity contribution is -0.385. The normalized spacial score (nSPS) is 12.4. The maximum Gasteiger partial charge on any atom is 0.273 e. The van der Waals surface area contributed by atoms with Crippen LogP contribution in [0.5, 0.6) is 5.75 Å². The zero-order valence-corrected chi connectivity index (χ0v) is 7.31. The zero-order valence-electron chi connectivity index (χ0n) is 7.31. The summed E-state index contributed by atoms with van der Waals surface area (Å²) in [6.45, 7) is 2.74. The van der Waals surface area contributed by atoms with Crippen LogP contribution in [-0.4, -0.2) is 16.7 Å². The molecule has 75 valence electrons. The summed E-state index contributed by atoms with van der Waals surface area (Å²) in [6.07, 6.45) is 0. The lowest BCUT2D eigenvalue weighted by atomic mass is 10.0. The van der Waals surface area contributed by atoms with Gasteiger partial charge in [0.1, 0.15) is 5.75 Å². The van der Waals surface area contributed by atoms with Gasteiger partial charge in [-0.25, -0.2) is 0 Å². The van der Waals surface area contributed by atoms with Gasteiger partial charge in [-0.3, -0.25) is 14.5 Å². The molecule has 0 heterocycles. The maximum atomic E-state index is 12.2. The standard InChI is InChI=1S/C9H9FNO3/c1-6(5-10)7-2-8(11(13)14)4-9(12)3-7/h2-4,6,12H,1,5H2. The number of rotatable bonds is 3. The molecule has 0 bridgehead atoms. The van der Waals surface area contributed by atoms with Gasteiger partial charge in [-0.05, 0) is 18.6 Å². The lowest BCUT2D eigenvalue weighted by Gasteiger charge is -2.06. The van der Waals surface area contributed by atoms with E-state index in [0.29, 0.717) is 5.56 Å². The number of phenols is 1. The van der Waals surface area contributed by atoms with Crippen LogP contribution in [0.15, 0.2) is 18.2 Å². The lowest BCUT2D eigenvalue weighted by Crippen LogP contribution is -1.97. The zero-order chi connectivity index (χ0) is 10.7. The Bertz CT molecular complexity index is 354. The minimum atomic E-state index is -0.722. The second kappa shape index (κ2) is 4.04. The number of alkyl halides is 1. The number of benzene rings is 1. The van der Waals surface area contributed by atoms with Gasteiger partial charge >= 0.3 is 0 Å². The summed E-state index contributed by atoms with van der Waals surface area (Å²) in [6, 6.07) is 3.48. The number of phenolic OH excluding ortho intramolecular Hbond substituents is 1. The minimum Gasteiger partial charge on any atom is -0.508 e. The molecule has 0 spiro atoms. The van der Waals surface area contributed by atoms with Gasteiger partial charge in [0.25, 0.3) is 5.69 Å². The van der Waals surface area contributed by atoms with E-state index in [-0.39, 0.29) is 11.4 Å². The average Bonchev–Trinajstić information content (AvgIpc) is 2.15. The SMILES string of the molecule is [CH2]C(CF)c1cc(O)cc([N+](=O)[O-])c1. The minimum absolute atomic E-state index is 0.253. The summed E-state index contributed by atoms with van der Waals surface area (Å²) in [5.41, 5.74) is 0.0568. The number of nitrogens with zero attached hydrogens (tertiary/aromatic N) is 1. The molecule has 0 amide bonds. The number of nitro benzene ring substituents is 1.